The molecule has 0 unspecified atom stereocenters. The lowest BCUT2D eigenvalue weighted by Crippen LogP contribution is -2.38. The summed E-state index contributed by atoms with van der Waals surface area (Å²) in [5.74, 6) is -0.793. The van der Waals surface area contributed by atoms with Gasteiger partial charge in [0.1, 0.15) is 5.60 Å². The van der Waals surface area contributed by atoms with Gasteiger partial charge in [-0.25, -0.2) is 4.79 Å². The van der Waals surface area contributed by atoms with Crippen molar-refractivity contribution in [2.75, 3.05) is 13.1 Å². The zero-order chi connectivity index (χ0) is 16.7. The molecule has 0 aliphatic heterocycles. The van der Waals surface area contributed by atoms with E-state index in [2.05, 4.69) is 6.58 Å². The van der Waals surface area contributed by atoms with Crippen LogP contribution in [0.5, 0.6) is 0 Å². The molecule has 1 amide bonds. The van der Waals surface area contributed by atoms with Crippen LogP contribution < -0.4 is 0 Å². The van der Waals surface area contributed by atoms with E-state index < -0.39 is 11.6 Å². The van der Waals surface area contributed by atoms with E-state index >= 15 is 0 Å². The number of rotatable bonds is 8. The summed E-state index contributed by atoms with van der Waals surface area (Å²) in [4.78, 5) is 24.3. The maximum Gasteiger partial charge on any atom is 0.410 e. The molecule has 5 nitrogen and oxygen atoms in total. The number of hydrogen-bond donors (Lipinski definition) is 1. The quantitative estimate of drug-likeness (QED) is 0.694. The molecular formula is C16H29NO4. The van der Waals surface area contributed by atoms with Crippen molar-refractivity contribution in [2.24, 2.45) is 5.41 Å². The SMILES string of the molecule is C=CCN(CCC(C)(C)CCC(=O)O)C(=O)OC(C)(C)C. The van der Waals surface area contributed by atoms with Crippen LogP contribution in [0.25, 0.3) is 0 Å². The van der Waals surface area contributed by atoms with Gasteiger partial charge in [-0.2, -0.15) is 0 Å². The number of nitrogens with zero attached hydrogens (tertiary/aromatic N) is 1. The highest BCUT2D eigenvalue weighted by Crippen LogP contribution is 2.27. The Morgan fingerprint density at radius 2 is 1.76 bits per heavy atom. The minimum Gasteiger partial charge on any atom is -0.481 e. The van der Waals surface area contributed by atoms with Crippen molar-refractivity contribution in [3.63, 3.8) is 0 Å². The van der Waals surface area contributed by atoms with Crippen molar-refractivity contribution in [3.8, 4) is 0 Å². The molecule has 0 aromatic carbocycles. The average molecular weight is 299 g/mol. The first kappa shape index (κ1) is 19.5. The number of carbonyl (C=O) groups excluding carboxylic acids is 1. The fourth-order valence-electron chi connectivity index (χ4n) is 1.75. The van der Waals surface area contributed by atoms with Crippen LogP contribution in [0.2, 0.25) is 0 Å². The lowest BCUT2D eigenvalue weighted by atomic mass is 9.84. The van der Waals surface area contributed by atoms with Crippen LogP contribution in [0.1, 0.15) is 53.9 Å². The third-order valence-electron chi connectivity index (χ3n) is 3.08. The second-order valence-corrected chi connectivity index (χ2v) is 7.02. The van der Waals surface area contributed by atoms with E-state index in [4.69, 9.17) is 9.84 Å². The Kier molecular flexibility index (Phi) is 7.47. The van der Waals surface area contributed by atoms with Crippen LogP contribution in [0.3, 0.4) is 0 Å². The Labute approximate surface area is 128 Å². The van der Waals surface area contributed by atoms with Gasteiger partial charge in [0, 0.05) is 19.5 Å². The summed E-state index contributed by atoms with van der Waals surface area (Å²) in [7, 11) is 0. The van der Waals surface area contributed by atoms with Crippen LogP contribution in [0.4, 0.5) is 4.79 Å². The molecule has 0 saturated carbocycles. The molecule has 1 N–H and O–H groups in total. The largest absolute Gasteiger partial charge is 0.481 e. The van der Waals surface area contributed by atoms with Gasteiger partial charge in [0.05, 0.1) is 0 Å². The fraction of sp³-hybridized carbons (Fsp3) is 0.750. The van der Waals surface area contributed by atoms with Crippen molar-refractivity contribution in [1.29, 1.82) is 0 Å². The van der Waals surface area contributed by atoms with E-state index in [1.165, 1.54) is 0 Å². The number of ether oxygens (including phenoxy) is 1. The first-order valence-electron chi connectivity index (χ1n) is 7.27. The summed E-state index contributed by atoms with van der Waals surface area (Å²) in [5, 5.41) is 8.76. The van der Waals surface area contributed by atoms with E-state index in [1.54, 1.807) is 11.0 Å². The highest BCUT2D eigenvalue weighted by molar-refractivity contribution is 5.68. The summed E-state index contributed by atoms with van der Waals surface area (Å²) in [6, 6.07) is 0. The maximum atomic E-state index is 12.1. The zero-order valence-electron chi connectivity index (χ0n) is 13.9. The second-order valence-electron chi connectivity index (χ2n) is 7.02. The summed E-state index contributed by atoms with van der Waals surface area (Å²) >= 11 is 0. The maximum absolute atomic E-state index is 12.1. The molecule has 21 heavy (non-hydrogen) atoms. The van der Waals surface area contributed by atoms with Crippen LogP contribution in [-0.2, 0) is 9.53 Å². The molecule has 0 aliphatic rings. The van der Waals surface area contributed by atoms with E-state index in [0.29, 0.717) is 25.9 Å². The second kappa shape index (κ2) is 8.05. The first-order chi connectivity index (χ1) is 9.47. The van der Waals surface area contributed by atoms with E-state index in [-0.39, 0.29) is 17.9 Å². The standard InChI is InChI=1S/C16H29NO4/c1-7-11-17(14(20)21-15(2,3)4)12-10-16(5,6)9-8-13(18)19/h7H,1,8-12H2,2-6H3,(H,18,19). The molecule has 0 fully saturated rings. The predicted molar refractivity (Wildman–Crippen MR) is 83.3 cm³/mol. The summed E-state index contributed by atoms with van der Waals surface area (Å²) in [6.07, 6.45) is 2.73. The highest BCUT2D eigenvalue weighted by Gasteiger charge is 2.25. The van der Waals surface area contributed by atoms with Gasteiger partial charge in [-0.1, -0.05) is 19.9 Å². The summed E-state index contributed by atoms with van der Waals surface area (Å²) in [5.41, 5.74) is -0.671. The monoisotopic (exact) mass is 299 g/mol. The molecule has 0 bridgehead atoms. The highest BCUT2D eigenvalue weighted by atomic mass is 16.6. The Morgan fingerprint density at radius 3 is 2.19 bits per heavy atom. The minimum atomic E-state index is -0.793. The Bertz CT molecular complexity index is 369. The molecule has 0 aliphatic carbocycles. The Balaban J connectivity index is 4.53. The van der Waals surface area contributed by atoms with Gasteiger partial charge in [0.2, 0.25) is 0 Å². The van der Waals surface area contributed by atoms with Crippen molar-refractivity contribution in [2.45, 2.75) is 59.5 Å². The number of aliphatic carboxylic acids is 1. The summed E-state index contributed by atoms with van der Waals surface area (Å²) in [6.45, 7) is 14.1. The Morgan fingerprint density at radius 1 is 1.19 bits per heavy atom. The number of amides is 1. The number of carboxylic acid groups (broad SMARTS) is 1. The topological polar surface area (TPSA) is 66.8 Å². The third kappa shape index (κ3) is 9.93. The Hall–Kier alpha value is -1.52. The van der Waals surface area contributed by atoms with Gasteiger partial charge in [-0.05, 0) is 39.0 Å². The van der Waals surface area contributed by atoms with Crippen molar-refractivity contribution < 1.29 is 19.4 Å². The molecular weight excluding hydrogens is 270 g/mol. The zero-order valence-corrected chi connectivity index (χ0v) is 13.9. The molecule has 0 aromatic heterocycles. The van der Waals surface area contributed by atoms with Gasteiger partial charge < -0.3 is 14.7 Å². The molecule has 5 heteroatoms. The van der Waals surface area contributed by atoms with E-state index in [9.17, 15) is 9.59 Å². The van der Waals surface area contributed by atoms with Gasteiger partial charge >= 0.3 is 12.1 Å². The van der Waals surface area contributed by atoms with Gasteiger partial charge in [0.25, 0.3) is 0 Å². The normalized spacial score (nSPS) is 11.9. The number of carboxylic acids is 1. The van der Waals surface area contributed by atoms with Crippen LogP contribution in [0.15, 0.2) is 12.7 Å². The van der Waals surface area contributed by atoms with Crippen molar-refractivity contribution >= 4 is 12.1 Å². The van der Waals surface area contributed by atoms with Crippen molar-refractivity contribution in [3.05, 3.63) is 12.7 Å². The fourth-order valence-corrected chi connectivity index (χ4v) is 1.75. The average Bonchev–Trinajstić information content (AvgIpc) is 2.30. The van der Waals surface area contributed by atoms with Crippen LogP contribution in [0, 0.1) is 5.41 Å². The molecule has 0 atom stereocenters. The third-order valence-corrected chi connectivity index (χ3v) is 3.08. The van der Waals surface area contributed by atoms with Gasteiger partial charge in [0.15, 0.2) is 0 Å². The van der Waals surface area contributed by atoms with Gasteiger partial charge in [-0.3, -0.25) is 4.79 Å². The molecule has 0 aromatic rings. The molecule has 0 saturated heterocycles. The predicted octanol–water partition coefficient (Wildman–Crippen LogP) is 3.69. The lowest BCUT2D eigenvalue weighted by Gasteiger charge is -2.30. The molecule has 0 radical (unpaired) electrons. The van der Waals surface area contributed by atoms with Crippen molar-refractivity contribution in [1.82, 2.24) is 4.90 Å². The smallest absolute Gasteiger partial charge is 0.410 e. The number of hydrogen-bond acceptors (Lipinski definition) is 3. The van der Waals surface area contributed by atoms with Crippen LogP contribution >= 0.6 is 0 Å². The number of carbonyl (C=O) groups is 2. The molecule has 0 rings (SSSR count). The molecule has 0 spiro atoms. The molecule has 0 heterocycles. The summed E-state index contributed by atoms with van der Waals surface area (Å²) < 4.78 is 5.36. The van der Waals surface area contributed by atoms with Crippen LogP contribution in [-0.4, -0.2) is 40.8 Å². The molecule has 122 valence electrons. The minimum absolute atomic E-state index is 0.139. The van der Waals surface area contributed by atoms with E-state index in [1.807, 2.05) is 34.6 Å². The first-order valence-corrected chi connectivity index (χ1v) is 7.27. The lowest BCUT2D eigenvalue weighted by molar-refractivity contribution is -0.137. The van der Waals surface area contributed by atoms with Gasteiger partial charge in [-0.15, -0.1) is 6.58 Å². The van der Waals surface area contributed by atoms with E-state index in [0.717, 1.165) is 0 Å².